The number of anilines is 1. The van der Waals surface area contributed by atoms with Crippen LogP contribution in [0, 0.1) is 5.41 Å². The van der Waals surface area contributed by atoms with E-state index in [4.69, 9.17) is 15.9 Å². The molecule has 4 nitrogen and oxygen atoms in total. The first kappa shape index (κ1) is 11.8. The van der Waals surface area contributed by atoms with Gasteiger partial charge in [0.25, 0.3) is 0 Å². The standard InChI is InChI=1S/C10H15N3OS/c1-14-10(12)3-5-15-7-8-2-4-13-9(11)6-8/h2,4,6,12H,3,5,7H2,1H3,(H2,11,13). The van der Waals surface area contributed by atoms with Gasteiger partial charge in [0.1, 0.15) is 5.82 Å². The van der Waals surface area contributed by atoms with Crippen LogP contribution in [-0.4, -0.2) is 23.7 Å². The number of hydrogen-bond acceptors (Lipinski definition) is 5. The van der Waals surface area contributed by atoms with Gasteiger partial charge in [-0.05, 0) is 17.7 Å². The molecule has 0 aliphatic carbocycles. The Kier molecular flexibility index (Phi) is 4.97. The van der Waals surface area contributed by atoms with Crippen LogP contribution in [0.25, 0.3) is 0 Å². The average Bonchev–Trinajstić information content (AvgIpc) is 2.24. The van der Waals surface area contributed by atoms with Gasteiger partial charge < -0.3 is 10.5 Å². The lowest BCUT2D eigenvalue weighted by Gasteiger charge is -2.03. The maximum Gasteiger partial charge on any atom is 0.180 e. The molecule has 0 fully saturated rings. The summed E-state index contributed by atoms with van der Waals surface area (Å²) in [6.45, 7) is 0. The molecule has 5 heteroatoms. The number of nitrogens with two attached hydrogens (primary N) is 1. The molecule has 1 aromatic heterocycles. The number of nitrogens with one attached hydrogen (secondary N) is 1. The van der Waals surface area contributed by atoms with Gasteiger partial charge in [-0.25, -0.2) is 4.98 Å². The first-order valence-electron chi connectivity index (χ1n) is 4.62. The Hall–Kier alpha value is -1.23. The van der Waals surface area contributed by atoms with Crippen molar-refractivity contribution in [2.45, 2.75) is 12.2 Å². The van der Waals surface area contributed by atoms with Crippen molar-refractivity contribution in [3.8, 4) is 0 Å². The quantitative estimate of drug-likeness (QED) is 0.456. The fraction of sp³-hybridized carbons (Fsp3) is 0.400. The third kappa shape index (κ3) is 4.69. The van der Waals surface area contributed by atoms with Gasteiger partial charge in [0.05, 0.1) is 7.11 Å². The van der Waals surface area contributed by atoms with Crippen molar-refractivity contribution in [3.05, 3.63) is 23.9 Å². The molecular formula is C10H15N3OS. The maximum absolute atomic E-state index is 7.29. The van der Waals surface area contributed by atoms with Gasteiger partial charge in [0, 0.05) is 24.1 Å². The number of rotatable bonds is 5. The number of methoxy groups -OCH3 is 1. The molecule has 15 heavy (non-hydrogen) atoms. The minimum Gasteiger partial charge on any atom is -0.484 e. The van der Waals surface area contributed by atoms with Crippen LogP contribution < -0.4 is 5.73 Å². The Labute approximate surface area is 93.7 Å². The van der Waals surface area contributed by atoms with Crippen molar-refractivity contribution < 1.29 is 4.74 Å². The van der Waals surface area contributed by atoms with Gasteiger partial charge in [-0.3, -0.25) is 5.41 Å². The third-order valence-electron chi connectivity index (χ3n) is 1.83. The van der Waals surface area contributed by atoms with Gasteiger partial charge in [0.15, 0.2) is 5.90 Å². The minimum atomic E-state index is 0.330. The topological polar surface area (TPSA) is 72.0 Å². The van der Waals surface area contributed by atoms with Gasteiger partial charge >= 0.3 is 0 Å². The van der Waals surface area contributed by atoms with Gasteiger partial charge in [0.2, 0.25) is 0 Å². The van der Waals surface area contributed by atoms with Gasteiger partial charge in [-0.2, -0.15) is 11.8 Å². The Morgan fingerprint density at radius 2 is 2.47 bits per heavy atom. The van der Waals surface area contributed by atoms with Crippen molar-refractivity contribution in [2.24, 2.45) is 0 Å². The lowest BCUT2D eigenvalue weighted by molar-refractivity contribution is 0.389. The highest BCUT2D eigenvalue weighted by Gasteiger charge is 1.97. The Morgan fingerprint density at radius 1 is 1.67 bits per heavy atom. The smallest absolute Gasteiger partial charge is 0.180 e. The molecule has 0 amide bonds. The number of ether oxygens (including phenoxy) is 1. The molecule has 0 saturated carbocycles. The maximum atomic E-state index is 7.29. The number of thioether (sulfide) groups is 1. The first-order valence-corrected chi connectivity index (χ1v) is 5.77. The molecule has 1 heterocycles. The molecule has 1 rings (SSSR count). The molecule has 0 radical (unpaired) electrons. The normalized spacial score (nSPS) is 9.93. The summed E-state index contributed by atoms with van der Waals surface area (Å²) in [5.74, 6) is 2.66. The van der Waals surface area contributed by atoms with Crippen LogP contribution in [0.2, 0.25) is 0 Å². The molecule has 0 aromatic carbocycles. The Balaban J connectivity index is 2.23. The zero-order valence-corrected chi connectivity index (χ0v) is 9.51. The van der Waals surface area contributed by atoms with E-state index in [9.17, 15) is 0 Å². The predicted molar refractivity (Wildman–Crippen MR) is 64.2 cm³/mol. The molecule has 0 saturated heterocycles. The summed E-state index contributed by atoms with van der Waals surface area (Å²) < 4.78 is 4.76. The lowest BCUT2D eigenvalue weighted by Crippen LogP contribution is -2.00. The molecule has 0 aliphatic rings. The second-order valence-corrected chi connectivity index (χ2v) is 4.12. The van der Waals surface area contributed by atoms with E-state index < -0.39 is 0 Å². The van der Waals surface area contributed by atoms with E-state index in [0.717, 1.165) is 17.1 Å². The van der Waals surface area contributed by atoms with Crippen LogP contribution in [0.1, 0.15) is 12.0 Å². The van der Waals surface area contributed by atoms with E-state index >= 15 is 0 Å². The van der Waals surface area contributed by atoms with E-state index in [1.165, 1.54) is 7.11 Å². The summed E-state index contributed by atoms with van der Waals surface area (Å²) >= 11 is 1.75. The van der Waals surface area contributed by atoms with E-state index in [2.05, 4.69) is 4.98 Å². The highest BCUT2D eigenvalue weighted by atomic mass is 32.2. The summed E-state index contributed by atoms with van der Waals surface area (Å²) in [5.41, 5.74) is 6.72. The summed E-state index contributed by atoms with van der Waals surface area (Å²) in [5, 5.41) is 7.29. The molecule has 0 spiro atoms. The first-order chi connectivity index (χ1) is 7.22. The zero-order valence-electron chi connectivity index (χ0n) is 8.69. The lowest BCUT2D eigenvalue weighted by atomic mass is 10.3. The summed E-state index contributed by atoms with van der Waals surface area (Å²) in [4.78, 5) is 3.92. The number of nitrogens with zero attached hydrogens (tertiary/aromatic N) is 1. The van der Waals surface area contributed by atoms with Crippen LogP contribution in [0.15, 0.2) is 18.3 Å². The van der Waals surface area contributed by atoms with Crippen molar-refractivity contribution >= 4 is 23.5 Å². The van der Waals surface area contributed by atoms with Crippen LogP contribution in [0.3, 0.4) is 0 Å². The van der Waals surface area contributed by atoms with Crippen molar-refractivity contribution in [3.63, 3.8) is 0 Å². The molecular weight excluding hydrogens is 210 g/mol. The molecule has 0 bridgehead atoms. The van der Waals surface area contributed by atoms with Crippen molar-refractivity contribution in [1.82, 2.24) is 4.98 Å². The van der Waals surface area contributed by atoms with E-state index in [1.54, 1.807) is 18.0 Å². The fourth-order valence-electron chi connectivity index (χ4n) is 1.04. The van der Waals surface area contributed by atoms with Crippen LogP contribution in [0.4, 0.5) is 5.82 Å². The average molecular weight is 225 g/mol. The van der Waals surface area contributed by atoms with E-state index in [1.807, 2.05) is 12.1 Å². The monoisotopic (exact) mass is 225 g/mol. The van der Waals surface area contributed by atoms with Crippen molar-refractivity contribution in [1.29, 1.82) is 5.41 Å². The third-order valence-corrected chi connectivity index (χ3v) is 2.86. The largest absolute Gasteiger partial charge is 0.484 e. The number of aromatic nitrogens is 1. The Morgan fingerprint density at radius 3 is 3.13 bits per heavy atom. The highest BCUT2D eigenvalue weighted by Crippen LogP contribution is 2.14. The molecule has 0 atom stereocenters. The van der Waals surface area contributed by atoms with Crippen LogP contribution in [0.5, 0.6) is 0 Å². The predicted octanol–water partition coefficient (Wildman–Crippen LogP) is 1.91. The number of nitrogen functional groups attached to an aromatic ring is 1. The molecule has 82 valence electrons. The van der Waals surface area contributed by atoms with Crippen LogP contribution in [-0.2, 0) is 10.5 Å². The highest BCUT2D eigenvalue weighted by molar-refractivity contribution is 7.98. The second kappa shape index (κ2) is 6.29. The Bertz CT molecular complexity index is 330. The number of pyridine rings is 1. The molecule has 1 aromatic rings. The van der Waals surface area contributed by atoms with Crippen LogP contribution >= 0.6 is 11.8 Å². The molecule has 3 N–H and O–H groups in total. The summed E-state index contributed by atoms with van der Waals surface area (Å²) in [7, 11) is 1.52. The molecule has 0 unspecified atom stereocenters. The summed E-state index contributed by atoms with van der Waals surface area (Å²) in [6, 6.07) is 3.82. The zero-order chi connectivity index (χ0) is 11.1. The minimum absolute atomic E-state index is 0.330. The second-order valence-electron chi connectivity index (χ2n) is 3.02. The SMILES string of the molecule is COC(=N)CCSCc1ccnc(N)c1. The van der Waals surface area contributed by atoms with Gasteiger partial charge in [-0.1, -0.05) is 0 Å². The van der Waals surface area contributed by atoms with E-state index in [-0.39, 0.29) is 0 Å². The summed E-state index contributed by atoms with van der Waals surface area (Å²) in [6.07, 6.45) is 2.38. The fourth-order valence-corrected chi connectivity index (χ4v) is 1.93. The van der Waals surface area contributed by atoms with E-state index in [0.29, 0.717) is 18.1 Å². The number of hydrogen-bond donors (Lipinski definition) is 2. The van der Waals surface area contributed by atoms with Crippen molar-refractivity contribution in [2.75, 3.05) is 18.6 Å². The van der Waals surface area contributed by atoms with Gasteiger partial charge in [-0.15, -0.1) is 0 Å². The molecule has 0 aliphatic heterocycles.